The number of methoxy groups -OCH3 is 2. The highest BCUT2D eigenvalue weighted by Gasteiger charge is 2.13. The number of aromatic nitrogens is 3. The van der Waals surface area contributed by atoms with Gasteiger partial charge in [-0.05, 0) is 54.5 Å². The van der Waals surface area contributed by atoms with Crippen LogP contribution >= 0.6 is 12.2 Å². The standard InChI is InChI=1S/C23H24N4O4S/c1-30-11-3-10-24-21(28)15-6-4-14(5-7-15)13-27-22(29)20-19(26-23(27)32)17-12-16(31-2)8-9-18(17)25-20/h4-9,12,25H,3,10-11,13H2,1-2H3,(H,24,28)(H,26,32). The zero-order chi connectivity index (χ0) is 22.7. The Morgan fingerprint density at radius 1 is 1.09 bits per heavy atom. The van der Waals surface area contributed by atoms with Crippen LogP contribution < -0.4 is 15.6 Å². The van der Waals surface area contributed by atoms with Crippen molar-refractivity contribution in [2.24, 2.45) is 0 Å². The van der Waals surface area contributed by atoms with Crippen molar-refractivity contribution in [3.63, 3.8) is 0 Å². The lowest BCUT2D eigenvalue weighted by atomic mass is 10.1. The molecule has 2 heterocycles. The SMILES string of the molecule is COCCCNC(=O)c1ccc(Cn2c(=S)[nH]c3c([nH]c4ccc(OC)cc43)c2=O)cc1. The Bertz CT molecular complexity index is 1390. The van der Waals surface area contributed by atoms with E-state index in [1.54, 1.807) is 26.4 Å². The Labute approximate surface area is 189 Å². The molecule has 8 nitrogen and oxygen atoms in total. The van der Waals surface area contributed by atoms with Gasteiger partial charge in [0.1, 0.15) is 11.3 Å². The van der Waals surface area contributed by atoms with Gasteiger partial charge in [0.2, 0.25) is 0 Å². The minimum Gasteiger partial charge on any atom is -0.497 e. The van der Waals surface area contributed by atoms with Crippen LogP contribution in [0, 0.1) is 4.77 Å². The number of fused-ring (bicyclic) bond motifs is 3. The lowest BCUT2D eigenvalue weighted by Gasteiger charge is -2.08. The molecule has 0 saturated carbocycles. The molecular formula is C23H24N4O4S. The van der Waals surface area contributed by atoms with Crippen molar-refractivity contribution in [3.05, 3.63) is 68.7 Å². The first-order valence-corrected chi connectivity index (χ1v) is 10.6. The van der Waals surface area contributed by atoms with E-state index < -0.39 is 0 Å². The number of amides is 1. The first-order valence-electron chi connectivity index (χ1n) is 10.2. The summed E-state index contributed by atoms with van der Waals surface area (Å²) in [7, 11) is 3.23. The second-order valence-electron chi connectivity index (χ2n) is 7.41. The van der Waals surface area contributed by atoms with E-state index in [1.165, 1.54) is 4.57 Å². The van der Waals surface area contributed by atoms with E-state index in [4.69, 9.17) is 21.7 Å². The van der Waals surface area contributed by atoms with E-state index >= 15 is 0 Å². The van der Waals surface area contributed by atoms with Gasteiger partial charge in [0.05, 0.1) is 19.2 Å². The molecule has 2 aromatic heterocycles. The van der Waals surface area contributed by atoms with Crippen molar-refractivity contribution >= 4 is 40.1 Å². The normalized spacial score (nSPS) is 11.2. The maximum absolute atomic E-state index is 13.2. The van der Waals surface area contributed by atoms with Crippen molar-refractivity contribution in [2.45, 2.75) is 13.0 Å². The quantitative estimate of drug-likeness (QED) is 0.281. The summed E-state index contributed by atoms with van der Waals surface area (Å²) < 4.78 is 12.1. The number of nitrogens with one attached hydrogen (secondary N) is 3. The molecule has 32 heavy (non-hydrogen) atoms. The van der Waals surface area contributed by atoms with Crippen molar-refractivity contribution in [1.29, 1.82) is 0 Å². The molecule has 0 atom stereocenters. The molecular weight excluding hydrogens is 428 g/mol. The number of ether oxygens (including phenoxy) is 2. The van der Waals surface area contributed by atoms with Gasteiger partial charge in [-0.25, -0.2) is 0 Å². The summed E-state index contributed by atoms with van der Waals surface area (Å²) in [6, 6.07) is 12.7. The number of hydrogen-bond acceptors (Lipinski definition) is 5. The van der Waals surface area contributed by atoms with Gasteiger partial charge in [-0.1, -0.05) is 12.1 Å². The Kier molecular flexibility index (Phi) is 6.38. The second-order valence-corrected chi connectivity index (χ2v) is 7.79. The second kappa shape index (κ2) is 9.37. The van der Waals surface area contributed by atoms with Gasteiger partial charge in [0, 0.05) is 36.7 Å². The molecule has 1 amide bonds. The Balaban J connectivity index is 1.59. The molecule has 4 rings (SSSR count). The fourth-order valence-electron chi connectivity index (χ4n) is 3.60. The highest BCUT2D eigenvalue weighted by molar-refractivity contribution is 7.71. The van der Waals surface area contributed by atoms with Crippen LogP contribution in [0.5, 0.6) is 5.75 Å². The lowest BCUT2D eigenvalue weighted by Crippen LogP contribution is -2.25. The molecule has 0 spiro atoms. The minimum absolute atomic E-state index is 0.142. The van der Waals surface area contributed by atoms with Crippen LogP contribution in [-0.2, 0) is 11.3 Å². The monoisotopic (exact) mass is 452 g/mol. The summed E-state index contributed by atoms with van der Waals surface area (Å²) in [5, 5.41) is 3.70. The topological polar surface area (TPSA) is 101 Å². The van der Waals surface area contributed by atoms with Crippen LogP contribution in [0.4, 0.5) is 0 Å². The molecule has 3 N–H and O–H groups in total. The first-order chi connectivity index (χ1) is 15.5. The molecule has 2 aromatic carbocycles. The van der Waals surface area contributed by atoms with Crippen molar-refractivity contribution in [3.8, 4) is 5.75 Å². The summed E-state index contributed by atoms with van der Waals surface area (Å²) in [6.45, 7) is 1.44. The van der Waals surface area contributed by atoms with E-state index in [2.05, 4.69) is 15.3 Å². The molecule has 0 fully saturated rings. The highest BCUT2D eigenvalue weighted by Crippen LogP contribution is 2.26. The summed E-state index contributed by atoms with van der Waals surface area (Å²) in [4.78, 5) is 31.7. The Morgan fingerprint density at radius 3 is 2.59 bits per heavy atom. The number of carbonyl (C=O) groups is 1. The molecule has 0 aliphatic rings. The molecule has 9 heteroatoms. The zero-order valence-corrected chi connectivity index (χ0v) is 18.7. The third-order valence-corrected chi connectivity index (χ3v) is 5.63. The average Bonchev–Trinajstić information content (AvgIpc) is 3.17. The molecule has 166 valence electrons. The number of rotatable bonds is 8. The largest absolute Gasteiger partial charge is 0.497 e. The average molecular weight is 453 g/mol. The highest BCUT2D eigenvalue weighted by atomic mass is 32.1. The summed E-state index contributed by atoms with van der Waals surface area (Å²) in [5.41, 5.74) is 3.14. The van der Waals surface area contributed by atoms with Gasteiger partial charge in [-0.2, -0.15) is 0 Å². The predicted molar refractivity (Wildman–Crippen MR) is 126 cm³/mol. The molecule has 0 bridgehead atoms. The third-order valence-electron chi connectivity index (χ3n) is 5.31. The molecule has 0 aliphatic heterocycles. The molecule has 0 aliphatic carbocycles. The molecule has 0 radical (unpaired) electrons. The fraction of sp³-hybridized carbons (Fsp3) is 0.261. The summed E-state index contributed by atoms with van der Waals surface area (Å²) >= 11 is 5.48. The van der Waals surface area contributed by atoms with Crippen molar-refractivity contribution < 1.29 is 14.3 Å². The minimum atomic E-state index is -0.209. The van der Waals surface area contributed by atoms with E-state index in [9.17, 15) is 9.59 Å². The predicted octanol–water partition coefficient (Wildman–Crippen LogP) is 3.36. The lowest BCUT2D eigenvalue weighted by molar-refractivity contribution is 0.0948. The number of carbonyl (C=O) groups excluding carboxylic acids is 1. The summed E-state index contributed by atoms with van der Waals surface area (Å²) in [5.74, 6) is 0.557. The fourth-order valence-corrected chi connectivity index (χ4v) is 3.85. The van der Waals surface area contributed by atoms with Crippen LogP contribution in [0.15, 0.2) is 47.3 Å². The van der Waals surface area contributed by atoms with Gasteiger partial charge in [-0.3, -0.25) is 14.2 Å². The number of aromatic amines is 2. The zero-order valence-electron chi connectivity index (χ0n) is 17.9. The van der Waals surface area contributed by atoms with E-state index in [-0.39, 0.29) is 11.5 Å². The van der Waals surface area contributed by atoms with E-state index in [0.717, 1.165) is 22.9 Å². The molecule has 0 unspecified atom stereocenters. The number of hydrogen-bond donors (Lipinski definition) is 3. The van der Waals surface area contributed by atoms with Gasteiger partial charge in [-0.15, -0.1) is 0 Å². The van der Waals surface area contributed by atoms with Gasteiger partial charge < -0.3 is 24.8 Å². The van der Waals surface area contributed by atoms with E-state index in [1.807, 2.05) is 30.3 Å². The summed E-state index contributed by atoms with van der Waals surface area (Å²) in [6.07, 6.45) is 0.754. The van der Waals surface area contributed by atoms with Crippen LogP contribution in [0.3, 0.4) is 0 Å². The third kappa shape index (κ3) is 4.30. The van der Waals surface area contributed by atoms with Crippen LogP contribution in [0.25, 0.3) is 21.9 Å². The van der Waals surface area contributed by atoms with Crippen molar-refractivity contribution in [2.75, 3.05) is 27.4 Å². The maximum Gasteiger partial charge on any atom is 0.278 e. The van der Waals surface area contributed by atoms with Gasteiger partial charge in [0.25, 0.3) is 11.5 Å². The van der Waals surface area contributed by atoms with Crippen molar-refractivity contribution in [1.82, 2.24) is 19.9 Å². The molecule has 4 aromatic rings. The number of nitrogens with zero attached hydrogens (tertiary/aromatic N) is 1. The van der Waals surface area contributed by atoms with Gasteiger partial charge in [0.15, 0.2) is 4.77 Å². The van der Waals surface area contributed by atoms with Crippen LogP contribution in [-0.4, -0.2) is 47.8 Å². The van der Waals surface area contributed by atoms with Crippen LogP contribution in [0.2, 0.25) is 0 Å². The first kappa shape index (κ1) is 21.8. The maximum atomic E-state index is 13.2. The van der Waals surface area contributed by atoms with Gasteiger partial charge >= 0.3 is 0 Å². The smallest absolute Gasteiger partial charge is 0.278 e. The number of H-pyrrole nitrogens is 2. The Hall–Kier alpha value is -3.43. The van der Waals surface area contributed by atoms with Crippen LogP contribution in [0.1, 0.15) is 22.3 Å². The molecule has 0 saturated heterocycles. The van der Waals surface area contributed by atoms with E-state index in [0.29, 0.717) is 46.8 Å². The number of benzene rings is 2. The Morgan fingerprint density at radius 2 is 1.88 bits per heavy atom.